The van der Waals surface area contributed by atoms with Crippen LogP contribution in [0.4, 0.5) is 4.39 Å². The molecule has 1 aliphatic rings. The van der Waals surface area contributed by atoms with Crippen molar-refractivity contribution in [2.45, 2.75) is 45.7 Å². The highest BCUT2D eigenvalue weighted by Crippen LogP contribution is 2.28. The van der Waals surface area contributed by atoms with Crippen molar-refractivity contribution in [3.8, 4) is 0 Å². The molecule has 0 bridgehead atoms. The average molecular weight is 270 g/mol. The molecule has 0 aromatic heterocycles. The molecule has 0 spiro atoms. The molecule has 100 valence electrons. The van der Waals surface area contributed by atoms with Crippen molar-refractivity contribution in [3.63, 3.8) is 0 Å². The minimum atomic E-state index is -0.347. The number of hydrogen-bond donors (Lipinski definition) is 1. The highest BCUT2D eigenvalue weighted by molar-refractivity contribution is 6.30. The van der Waals surface area contributed by atoms with Crippen LogP contribution in [0, 0.1) is 17.7 Å². The lowest BCUT2D eigenvalue weighted by atomic mass is 9.80. The van der Waals surface area contributed by atoms with Gasteiger partial charge in [-0.05, 0) is 42.4 Å². The van der Waals surface area contributed by atoms with E-state index in [1.165, 1.54) is 25.3 Å². The van der Waals surface area contributed by atoms with Crippen molar-refractivity contribution in [2.75, 3.05) is 0 Å². The molecule has 0 radical (unpaired) electrons. The van der Waals surface area contributed by atoms with Crippen LogP contribution in [0.2, 0.25) is 5.02 Å². The first-order valence-corrected chi connectivity index (χ1v) is 7.11. The fraction of sp³-hybridized carbons (Fsp3) is 0.600. The second kappa shape index (κ2) is 6.03. The summed E-state index contributed by atoms with van der Waals surface area (Å²) in [7, 11) is 0. The minimum Gasteiger partial charge on any atom is -0.310 e. The standard InChI is InChI=1S/C15H21ClFN/c1-10-3-4-11(2)15(7-10)18-9-12-5-6-14(17)13(16)8-12/h5-6,8,10-11,15,18H,3-4,7,9H2,1-2H3. The highest BCUT2D eigenvalue weighted by atomic mass is 35.5. The molecule has 3 atom stereocenters. The summed E-state index contributed by atoms with van der Waals surface area (Å²) < 4.78 is 13.1. The van der Waals surface area contributed by atoms with Crippen LogP contribution in [0.1, 0.15) is 38.7 Å². The number of nitrogens with one attached hydrogen (secondary N) is 1. The van der Waals surface area contributed by atoms with Crippen LogP contribution < -0.4 is 5.32 Å². The molecule has 1 saturated carbocycles. The van der Waals surface area contributed by atoms with E-state index in [9.17, 15) is 4.39 Å². The molecule has 1 aromatic rings. The van der Waals surface area contributed by atoms with Gasteiger partial charge in [-0.1, -0.05) is 37.9 Å². The first-order valence-electron chi connectivity index (χ1n) is 6.73. The monoisotopic (exact) mass is 269 g/mol. The summed E-state index contributed by atoms with van der Waals surface area (Å²) >= 11 is 5.78. The number of benzene rings is 1. The van der Waals surface area contributed by atoms with Crippen molar-refractivity contribution in [1.29, 1.82) is 0 Å². The van der Waals surface area contributed by atoms with Crippen LogP contribution in [0.5, 0.6) is 0 Å². The van der Waals surface area contributed by atoms with E-state index in [0.717, 1.165) is 23.9 Å². The van der Waals surface area contributed by atoms with Crippen LogP contribution in [0.25, 0.3) is 0 Å². The average Bonchev–Trinajstić information content (AvgIpc) is 2.34. The molecule has 3 heteroatoms. The van der Waals surface area contributed by atoms with Gasteiger partial charge in [-0.3, -0.25) is 0 Å². The second-order valence-electron chi connectivity index (χ2n) is 5.63. The number of hydrogen-bond acceptors (Lipinski definition) is 1. The summed E-state index contributed by atoms with van der Waals surface area (Å²) in [5.41, 5.74) is 1.05. The van der Waals surface area contributed by atoms with Crippen molar-refractivity contribution in [1.82, 2.24) is 5.32 Å². The normalized spacial score (nSPS) is 28.3. The van der Waals surface area contributed by atoms with Crippen LogP contribution in [-0.2, 0) is 6.54 Å². The molecule has 0 aliphatic heterocycles. The molecular weight excluding hydrogens is 249 g/mol. The Balaban J connectivity index is 1.92. The van der Waals surface area contributed by atoms with Crippen molar-refractivity contribution >= 4 is 11.6 Å². The van der Waals surface area contributed by atoms with Gasteiger partial charge in [-0.2, -0.15) is 0 Å². The minimum absolute atomic E-state index is 0.208. The van der Waals surface area contributed by atoms with E-state index in [0.29, 0.717) is 6.04 Å². The third-order valence-electron chi connectivity index (χ3n) is 4.01. The molecule has 0 heterocycles. The van der Waals surface area contributed by atoms with Crippen molar-refractivity contribution in [2.24, 2.45) is 11.8 Å². The van der Waals surface area contributed by atoms with Gasteiger partial charge in [-0.25, -0.2) is 4.39 Å². The van der Waals surface area contributed by atoms with Gasteiger partial charge in [-0.15, -0.1) is 0 Å². The molecule has 1 aliphatic carbocycles. The molecule has 2 rings (SSSR count). The zero-order valence-electron chi connectivity index (χ0n) is 11.0. The Kier molecular flexibility index (Phi) is 4.63. The summed E-state index contributed by atoms with van der Waals surface area (Å²) in [6.45, 7) is 5.39. The van der Waals surface area contributed by atoms with Crippen LogP contribution in [0.3, 0.4) is 0 Å². The van der Waals surface area contributed by atoms with Gasteiger partial charge in [0.15, 0.2) is 0 Å². The molecule has 18 heavy (non-hydrogen) atoms. The molecule has 1 fully saturated rings. The molecule has 3 unspecified atom stereocenters. The van der Waals surface area contributed by atoms with E-state index in [-0.39, 0.29) is 10.8 Å². The van der Waals surface area contributed by atoms with E-state index in [1.54, 1.807) is 12.1 Å². The van der Waals surface area contributed by atoms with Gasteiger partial charge < -0.3 is 5.32 Å². The summed E-state index contributed by atoms with van der Waals surface area (Å²) in [5.74, 6) is 1.17. The lowest BCUT2D eigenvalue weighted by molar-refractivity contribution is 0.227. The molecule has 0 amide bonds. The maximum absolute atomic E-state index is 13.1. The largest absolute Gasteiger partial charge is 0.310 e. The summed E-state index contributed by atoms with van der Waals surface area (Å²) in [6.07, 6.45) is 3.86. The Bertz CT molecular complexity index is 407. The van der Waals surface area contributed by atoms with Crippen molar-refractivity contribution in [3.05, 3.63) is 34.6 Å². The topological polar surface area (TPSA) is 12.0 Å². The quantitative estimate of drug-likeness (QED) is 0.858. The van der Waals surface area contributed by atoms with Crippen LogP contribution in [-0.4, -0.2) is 6.04 Å². The first kappa shape index (κ1) is 13.8. The SMILES string of the molecule is CC1CCC(C)C(NCc2ccc(F)c(Cl)c2)C1. The fourth-order valence-electron chi connectivity index (χ4n) is 2.72. The first-order chi connectivity index (χ1) is 8.56. The van der Waals surface area contributed by atoms with Crippen LogP contribution >= 0.6 is 11.6 Å². The zero-order chi connectivity index (χ0) is 13.1. The predicted molar refractivity (Wildman–Crippen MR) is 74.2 cm³/mol. The predicted octanol–water partition coefficient (Wildman–Crippen LogP) is 4.39. The highest BCUT2D eigenvalue weighted by Gasteiger charge is 2.24. The Morgan fingerprint density at radius 1 is 1.33 bits per heavy atom. The lowest BCUT2D eigenvalue weighted by Crippen LogP contribution is -2.39. The molecule has 1 N–H and O–H groups in total. The summed E-state index contributed by atoms with van der Waals surface area (Å²) in [6, 6.07) is 5.51. The van der Waals surface area contributed by atoms with Crippen molar-refractivity contribution < 1.29 is 4.39 Å². The summed E-state index contributed by atoms with van der Waals surface area (Å²) in [4.78, 5) is 0. The Morgan fingerprint density at radius 2 is 2.11 bits per heavy atom. The van der Waals surface area contributed by atoms with E-state index in [1.807, 2.05) is 0 Å². The molecule has 0 saturated heterocycles. The van der Waals surface area contributed by atoms with E-state index in [4.69, 9.17) is 11.6 Å². The van der Waals surface area contributed by atoms with Gasteiger partial charge in [0.1, 0.15) is 5.82 Å². The van der Waals surface area contributed by atoms with E-state index in [2.05, 4.69) is 19.2 Å². The van der Waals surface area contributed by atoms with Crippen LogP contribution in [0.15, 0.2) is 18.2 Å². The maximum atomic E-state index is 13.1. The Hall–Kier alpha value is -0.600. The smallest absolute Gasteiger partial charge is 0.141 e. The van der Waals surface area contributed by atoms with Gasteiger partial charge in [0, 0.05) is 12.6 Å². The molecule has 1 aromatic carbocycles. The van der Waals surface area contributed by atoms with Gasteiger partial charge in [0.25, 0.3) is 0 Å². The van der Waals surface area contributed by atoms with Gasteiger partial charge >= 0.3 is 0 Å². The maximum Gasteiger partial charge on any atom is 0.141 e. The number of rotatable bonds is 3. The Morgan fingerprint density at radius 3 is 2.83 bits per heavy atom. The summed E-state index contributed by atoms with van der Waals surface area (Å²) in [5, 5.41) is 3.79. The fourth-order valence-corrected chi connectivity index (χ4v) is 2.92. The third kappa shape index (κ3) is 3.46. The van der Waals surface area contributed by atoms with E-state index >= 15 is 0 Å². The lowest BCUT2D eigenvalue weighted by Gasteiger charge is -2.33. The van der Waals surface area contributed by atoms with E-state index < -0.39 is 0 Å². The number of halogens is 2. The molecular formula is C15H21ClFN. The second-order valence-corrected chi connectivity index (χ2v) is 6.04. The molecule has 1 nitrogen and oxygen atoms in total. The van der Waals surface area contributed by atoms with Gasteiger partial charge in [0.05, 0.1) is 5.02 Å². The third-order valence-corrected chi connectivity index (χ3v) is 4.30. The van der Waals surface area contributed by atoms with Gasteiger partial charge in [0.2, 0.25) is 0 Å². The zero-order valence-corrected chi connectivity index (χ0v) is 11.8. The Labute approximate surface area is 114 Å².